The van der Waals surface area contributed by atoms with E-state index in [4.69, 9.17) is 0 Å². The monoisotopic (exact) mass is 408 g/mol. The van der Waals surface area contributed by atoms with E-state index in [9.17, 15) is 14.4 Å². The molecular weight excluding hydrogens is 392 g/mol. The van der Waals surface area contributed by atoms with Gasteiger partial charge in [0.1, 0.15) is 10.5 Å². The molecule has 0 spiro atoms. The lowest BCUT2D eigenvalue weighted by Gasteiger charge is -2.05. The SMILES string of the molecule is COC(=O)c1c[nH]c(=O)c(NC(=O)c2cc3c(C)nn(-c4ccccc4)c3s2)c1. The van der Waals surface area contributed by atoms with Crippen LogP contribution in [0.5, 0.6) is 0 Å². The van der Waals surface area contributed by atoms with E-state index in [-0.39, 0.29) is 11.3 Å². The number of anilines is 1. The largest absolute Gasteiger partial charge is 0.465 e. The zero-order valence-electron chi connectivity index (χ0n) is 15.6. The number of methoxy groups -OCH3 is 1. The van der Waals surface area contributed by atoms with Gasteiger partial charge in [-0.25, -0.2) is 9.48 Å². The first-order chi connectivity index (χ1) is 14.0. The second kappa shape index (κ2) is 7.36. The molecule has 0 aliphatic heterocycles. The molecule has 1 amide bonds. The predicted molar refractivity (Wildman–Crippen MR) is 110 cm³/mol. The van der Waals surface area contributed by atoms with Crippen LogP contribution in [0.2, 0.25) is 0 Å². The quantitative estimate of drug-likeness (QED) is 0.505. The standard InChI is InChI=1S/C20H16N4O4S/c1-11-14-9-16(29-19(14)24(23-11)13-6-4-3-5-7-13)18(26)22-15-8-12(20(27)28-2)10-21-17(15)25/h3-10H,1-2H3,(H,21,25)(H,22,26). The average molecular weight is 408 g/mol. The van der Waals surface area contributed by atoms with Gasteiger partial charge in [0.15, 0.2) is 0 Å². The van der Waals surface area contributed by atoms with Crippen molar-refractivity contribution in [3.63, 3.8) is 0 Å². The van der Waals surface area contributed by atoms with Crippen LogP contribution in [-0.2, 0) is 4.74 Å². The van der Waals surface area contributed by atoms with Gasteiger partial charge in [-0.05, 0) is 31.2 Å². The molecule has 146 valence electrons. The number of aromatic amines is 1. The van der Waals surface area contributed by atoms with Crippen molar-refractivity contribution in [3.05, 3.63) is 75.1 Å². The van der Waals surface area contributed by atoms with Crippen LogP contribution >= 0.6 is 11.3 Å². The molecule has 0 unspecified atom stereocenters. The van der Waals surface area contributed by atoms with E-state index < -0.39 is 17.4 Å². The van der Waals surface area contributed by atoms with E-state index in [1.54, 1.807) is 10.7 Å². The van der Waals surface area contributed by atoms with Gasteiger partial charge in [0, 0.05) is 11.6 Å². The van der Waals surface area contributed by atoms with E-state index in [0.717, 1.165) is 21.6 Å². The Kier molecular flexibility index (Phi) is 4.73. The summed E-state index contributed by atoms with van der Waals surface area (Å²) in [5, 5.41) is 7.98. The van der Waals surface area contributed by atoms with E-state index in [2.05, 4.69) is 20.1 Å². The molecule has 0 bridgehead atoms. The lowest BCUT2D eigenvalue weighted by atomic mass is 10.2. The molecule has 0 atom stereocenters. The number of carbonyl (C=O) groups is 2. The number of amides is 1. The highest BCUT2D eigenvalue weighted by molar-refractivity contribution is 7.20. The van der Waals surface area contributed by atoms with Gasteiger partial charge in [0.05, 0.1) is 28.9 Å². The number of nitrogens with one attached hydrogen (secondary N) is 2. The zero-order chi connectivity index (χ0) is 20.5. The maximum atomic E-state index is 12.7. The number of para-hydroxylation sites is 1. The van der Waals surface area contributed by atoms with Crippen LogP contribution in [0, 0.1) is 6.92 Å². The van der Waals surface area contributed by atoms with Crippen LogP contribution < -0.4 is 10.9 Å². The number of fused-ring (bicyclic) bond motifs is 1. The first-order valence-corrected chi connectivity index (χ1v) is 9.46. The minimum Gasteiger partial charge on any atom is -0.465 e. The predicted octanol–water partition coefficient (Wildman–Crippen LogP) is 3.12. The Labute approximate surface area is 168 Å². The number of rotatable bonds is 4. The van der Waals surface area contributed by atoms with Crippen molar-refractivity contribution in [3.8, 4) is 5.69 Å². The van der Waals surface area contributed by atoms with Gasteiger partial charge in [-0.1, -0.05) is 18.2 Å². The second-order valence-corrected chi connectivity index (χ2v) is 7.27. The number of aryl methyl sites for hydroxylation is 1. The maximum Gasteiger partial charge on any atom is 0.339 e. The number of esters is 1. The Morgan fingerprint density at radius 1 is 1.21 bits per heavy atom. The van der Waals surface area contributed by atoms with Crippen LogP contribution in [-0.4, -0.2) is 33.8 Å². The summed E-state index contributed by atoms with van der Waals surface area (Å²) >= 11 is 1.27. The number of benzene rings is 1. The molecule has 0 aliphatic rings. The summed E-state index contributed by atoms with van der Waals surface area (Å²) in [5.74, 6) is -1.06. The van der Waals surface area contributed by atoms with Crippen molar-refractivity contribution >= 4 is 39.1 Å². The number of nitrogens with zero attached hydrogens (tertiary/aromatic N) is 2. The normalized spacial score (nSPS) is 10.8. The Morgan fingerprint density at radius 2 is 1.97 bits per heavy atom. The summed E-state index contributed by atoms with van der Waals surface area (Å²) < 4.78 is 6.43. The first kappa shape index (κ1) is 18.6. The molecule has 0 saturated carbocycles. The fourth-order valence-corrected chi connectivity index (χ4v) is 3.98. The van der Waals surface area contributed by atoms with Gasteiger partial charge in [-0.3, -0.25) is 9.59 Å². The molecule has 8 nitrogen and oxygen atoms in total. The molecule has 4 aromatic rings. The van der Waals surface area contributed by atoms with Gasteiger partial charge >= 0.3 is 5.97 Å². The molecule has 0 fully saturated rings. The van der Waals surface area contributed by atoms with Crippen LogP contribution in [0.3, 0.4) is 0 Å². The Hall–Kier alpha value is -3.72. The van der Waals surface area contributed by atoms with Crippen molar-refractivity contribution in [2.75, 3.05) is 12.4 Å². The van der Waals surface area contributed by atoms with Crippen LogP contribution in [0.25, 0.3) is 15.9 Å². The Morgan fingerprint density at radius 3 is 2.69 bits per heavy atom. The lowest BCUT2D eigenvalue weighted by Crippen LogP contribution is -2.20. The van der Waals surface area contributed by atoms with E-state index in [1.165, 1.54) is 30.7 Å². The fourth-order valence-electron chi connectivity index (χ4n) is 2.90. The summed E-state index contributed by atoms with van der Waals surface area (Å²) in [6.45, 7) is 1.88. The topological polar surface area (TPSA) is 106 Å². The maximum absolute atomic E-state index is 12.7. The smallest absolute Gasteiger partial charge is 0.339 e. The van der Waals surface area contributed by atoms with Gasteiger partial charge < -0.3 is 15.0 Å². The van der Waals surface area contributed by atoms with Gasteiger partial charge in [-0.15, -0.1) is 11.3 Å². The number of hydrogen-bond donors (Lipinski definition) is 2. The Bertz CT molecular complexity index is 1290. The lowest BCUT2D eigenvalue weighted by molar-refractivity contribution is 0.0600. The molecular formula is C20H16N4O4S. The molecule has 4 rings (SSSR count). The third-order valence-corrected chi connectivity index (χ3v) is 5.45. The molecule has 0 radical (unpaired) electrons. The molecule has 3 aromatic heterocycles. The van der Waals surface area contributed by atoms with Crippen LogP contribution in [0.1, 0.15) is 25.7 Å². The van der Waals surface area contributed by atoms with Crippen molar-refractivity contribution in [1.29, 1.82) is 0 Å². The number of carbonyl (C=O) groups excluding carboxylic acids is 2. The number of ether oxygens (including phenoxy) is 1. The average Bonchev–Trinajstić information content (AvgIpc) is 3.30. The number of thiophene rings is 1. The number of aromatic nitrogens is 3. The minimum absolute atomic E-state index is 0.0308. The third-order valence-electron chi connectivity index (χ3n) is 4.34. The van der Waals surface area contributed by atoms with Crippen LogP contribution in [0.4, 0.5) is 5.69 Å². The molecule has 3 heterocycles. The van der Waals surface area contributed by atoms with Crippen molar-refractivity contribution in [2.45, 2.75) is 6.92 Å². The van der Waals surface area contributed by atoms with E-state index >= 15 is 0 Å². The minimum atomic E-state index is -0.614. The number of H-pyrrole nitrogens is 1. The fraction of sp³-hybridized carbons (Fsp3) is 0.100. The third kappa shape index (κ3) is 3.43. The summed E-state index contributed by atoms with van der Waals surface area (Å²) in [6, 6.07) is 12.7. The van der Waals surface area contributed by atoms with Gasteiger partial charge in [0.25, 0.3) is 11.5 Å². The number of pyridine rings is 1. The highest BCUT2D eigenvalue weighted by Gasteiger charge is 2.18. The van der Waals surface area contributed by atoms with Crippen molar-refractivity contribution in [2.24, 2.45) is 0 Å². The van der Waals surface area contributed by atoms with Crippen molar-refractivity contribution < 1.29 is 14.3 Å². The first-order valence-electron chi connectivity index (χ1n) is 8.65. The molecule has 9 heteroatoms. The zero-order valence-corrected chi connectivity index (χ0v) is 16.4. The number of hydrogen-bond acceptors (Lipinski definition) is 6. The highest BCUT2D eigenvalue weighted by atomic mass is 32.1. The Balaban J connectivity index is 1.68. The molecule has 0 aliphatic carbocycles. The highest BCUT2D eigenvalue weighted by Crippen LogP contribution is 2.30. The second-order valence-electron chi connectivity index (χ2n) is 6.24. The van der Waals surface area contributed by atoms with Crippen molar-refractivity contribution in [1.82, 2.24) is 14.8 Å². The van der Waals surface area contributed by atoms with E-state index in [0.29, 0.717) is 4.88 Å². The summed E-state index contributed by atoms with van der Waals surface area (Å²) in [7, 11) is 1.24. The van der Waals surface area contributed by atoms with E-state index in [1.807, 2.05) is 37.3 Å². The van der Waals surface area contributed by atoms with Crippen LogP contribution in [0.15, 0.2) is 53.5 Å². The summed E-state index contributed by atoms with van der Waals surface area (Å²) in [4.78, 5) is 40.1. The molecule has 0 saturated heterocycles. The van der Waals surface area contributed by atoms with Gasteiger partial charge in [-0.2, -0.15) is 5.10 Å². The molecule has 2 N–H and O–H groups in total. The van der Waals surface area contributed by atoms with Gasteiger partial charge in [0.2, 0.25) is 0 Å². The molecule has 1 aromatic carbocycles. The summed E-state index contributed by atoms with van der Waals surface area (Å²) in [5.41, 5.74) is 1.27. The summed E-state index contributed by atoms with van der Waals surface area (Å²) in [6.07, 6.45) is 1.24. The molecule has 29 heavy (non-hydrogen) atoms.